The maximum atomic E-state index is 12.9. The molecular formula is C21H19BrN2O4. The Balaban J connectivity index is 1.75. The summed E-state index contributed by atoms with van der Waals surface area (Å²) in [5, 5.41) is 0. The summed E-state index contributed by atoms with van der Waals surface area (Å²) in [4.78, 5) is 40.6. The highest BCUT2D eigenvalue weighted by molar-refractivity contribution is 9.10. The third-order valence-corrected chi connectivity index (χ3v) is 4.86. The van der Waals surface area contributed by atoms with Crippen LogP contribution in [0.5, 0.6) is 5.75 Å². The Kier molecular flexibility index (Phi) is 6.26. The van der Waals surface area contributed by atoms with Crippen LogP contribution >= 0.6 is 15.9 Å². The molecule has 0 N–H and O–H groups in total. The number of nitrogens with zero attached hydrogens (tertiary/aromatic N) is 2. The predicted molar refractivity (Wildman–Crippen MR) is 109 cm³/mol. The van der Waals surface area contributed by atoms with Crippen molar-refractivity contribution in [1.29, 1.82) is 0 Å². The molecule has 2 aromatic rings. The fourth-order valence-electron chi connectivity index (χ4n) is 3.01. The van der Waals surface area contributed by atoms with Gasteiger partial charge in [0.25, 0.3) is 11.8 Å². The van der Waals surface area contributed by atoms with E-state index in [4.69, 9.17) is 4.74 Å². The summed E-state index contributed by atoms with van der Waals surface area (Å²) in [6, 6.07) is 14.9. The number of hydrogen-bond acceptors (Lipinski definition) is 4. The molecule has 3 amide bonds. The van der Waals surface area contributed by atoms with Gasteiger partial charge in [0.2, 0.25) is 5.91 Å². The zero-order chi connectivity index (χ0) is 20.1. The molecule has 1 heterocycles. The Morgan fingerprint density at radius 1 is 1.18 bits per heavy atom. The van der Waals surface area contributed by atoms with Crippen LogP contribution in [0.25, 0.3) is 0 Å². The van der Waals surface area contributed by atoms with E-state index in [1.54, 1.807) is 48.5 Å². The van der Waals surface area contributed by atoms with E-state index in [0.717, 1.165) is 9.37 Å². The predicted octanol–water partition coefficient (Wildman–Crippen LogP) is 3.17. The van der Waals surface area contributed by atoms with Crippen LogP contribution in [0.15, 0.2) is 71.7 Å². The smallest absolute Gasteiger partial charge is 0.261 e. The number of carbonyl (C=O) groups excluding carboxylic acids is 3. The van der Waals surface area contributed by atoms with Gasteiger partial charge < -0.3 is 9.64 Å². The Hall–Kier alpha value is -2.93. The Labute approximate surface area is 171 Å². The third kappa shape index (κ3) is 4.31. The van der Waals surface area contributed by atoms with Crippen molar-refractivity contribution in [3.05, 3.63) is 71.7 Å². The fraction of sp³-hybridized carbons (Fsp3) is 0.190. The average Bonchev–Trinajstić information content (AvgIpc) is 2.99. The molecule has 0 bridgehead atoms. The minimum Gasteiger partial charge on any atom is -0.484 e. The molecule has 3 rings (SSSR count). The van der Waals surface area contributed by atoms with Crippen molar-refractivity contribution < 1.29 is 19.1 Å². The number of rotatable bonds is 7. The third-order valence-electron chi connectivity index (χ3n) is 4.34. The molecule has 28 heavy (non-hydrogen) atoms. The first-order valence-corrected chi connectivity index (χ1v) is 9.51. The van der Waals surface area contributed by atoms with E-state index in [2.05, 4.69) is 22.5 Å². The second-order valence-corrected chi connectivity index (χ2v) is 7.12. The van der Waals surface area contributed by atoms with Crippen molar-refractivity contribution in [3.63, 3.8) is 0 Å². The van der Waals surface area contributed by atoms with E-state index in [1.165, 1.54) is 11.0 Å². The van der Waals surface area contributed by atoms with Gasteiger partial charge in [-0.05, 0) is 36.4 Å². The average molecular weight is 443 g/mol. The van der Waals surface area contributed by atoms with Crippen molar-refractivity contribution in [2.24, 2.45) is 0 Å². The largest absolute Gasteiger partial charge is 0.484 e. The standard InChI is InChI=1S/C21H19BrN2O4/c1-2-12-23(20(26)14-28-17-6-4-3-5-7-17)18-13-19(25)24(21(18)27)16-10-8-15(22)9-11-16/h2-11,18H,1,12-14H2. The number of carbonyl (C=O) groups is 3. The van der Waals surface area contributed by atoms with Crippen molar-refractivity contribution in [2.45, 2.75) is 12.5 Å². The highest BCUT2D eigenvalue weighted by atomic mass is 79.9. The molecule has 1 aliphatic heterocycles. The molecule has 0 aromatic heterocycles. The lowest BCUT2D eigenvalue weighted by molar-refractivity contribution is -0.139. The number of para-hydroxylation sites is 1. The van der Waals surface area contributed by atoms with Crippen LogP contribution in [-0.4, -0.2) is 41.8 Å². The minimum atomic E-state index is -0.874. The van der Waals surface area contributed by atoms with Gasteiger partial charge in [0.15, 0.2) is 6.61 Å². The normalized spacial score (nSPS) is 16.2. The summed E-state index contributed by atoms with van der Waals surface area (Å²) in [6.07, 6.45) is 1.46. The second-order valence-electron chi connectivity index (χ2n) is 6.20. The zero-order valence-corrected chi connectivity index (χ0v) is 16.7. The molecule has 0 aliphatic carbocycles. The highest BCUT2D eigenvalue weighted by Crippen LogP contribution is 2.27. The van der Waals surface area contributed by atoms with Gasteiger partial charge in [-0.1, -0.05) is 40.2 Å². The molecule has 1 saturated heterocycles. The fourth-order valence-corrected chi connectivity index (χ4v) is 3.27. The number of benzene rings is 2. The van der Waals surface area contributed by atoms with Crippen molar-refractivity contribution >= 4 is 39.3 Å². The molecule has 144 valence electrons. The first-order valence-electron chi connectivity index (χ1n) is 8.72. The van der Waals surface area contributed by atoms with Crippen LogP contribution in [0.3, 0.4) is 0 Å². The Morgan fingerprint density at radius 3 is 2.50 bits per heavy atom. The lowest BCUT2D eigenvalue weighted by Crippen LogP contribution is -2.47. The Bertz CT molecular complexity index is 883. The number of hydrogen-bond donors (Lipinski definition) is 0. The molecule has 0 radical (unpaired) electrons. The van der Waals surface area contributed by atoms with E-state index in [9.17, 15) is 14.4 Å². The van der Waals surface area contributed by atoms with Crippen LogP contribution in [0.4, 0.5) is 5.69 Å². The zero-order valence-electron chi connectivity index (χ0n) is 15.1. The van der Waals surface area contributed by atoms with Crippen LogP contribution in [0.2, 0.25) is 0 Å². The molecule has 1 unspecified atom stereocenters. The molecule has 0 spiro atoms. The van der Waals surface area contributed by atoms with Gasteiger partial charge in [0.05, 0.1) is 12.1 Å². The quantitative estimate of drug-likeness (QED) is 0.487. The summed E-state index contributed by atoms with van der Waals surface area (Å²) >= 11 is 3.33. The van der Waals surface area contributed by atoms with E-state index in [0.29, 0.717) is 11.4 Å². The first-order chi connectivity index (χ1) is 13.5. The Morgan fingerprint density at radius 2 is 1.86 bits per heavy atom. The van der Waals surface area contributed by atoms with Crippen molar-refractivity contribution in [1.82, 2.24) is 4.90 Å². The van der Waals surface area contributed by atoms with Crippen molar-refractivity contribution in [3.8, 4) is 5.75 Å². The molecular weight excluding hydrogens is 424 g/mol. The van der Waals surface area contributed by atoms with Gasteiger partial charge in [-0.15, -0.1) is 6.58 Å². The van der Waals surface area contributed by atoms with Crippen molar-refractivity contribution in [2.75, 3.05) is 18.1 Å². The molecule has 1 aliphatic rings. The molecule has 2 aromatic carbocycles. The van der Waals surface area contributed by atoms with E-state index >= 15 is 0 Å². The van der Waals surface area contributed by atoms with Gasteiger partial charge in [-0.3, -0.25) is 14.4 Å². The number of amides is 3. The lowest BCUT2D eigenvalue weighted by atomic mass is 10.2. The second kappa shape index (κ2) is 8.84. The number of ether oxygens (including phenoxy) is 1. The molecule has 1 fully saturated rings. The summed E-state index contributed by atoms with van der Waals surface area (Å²) in [5.41, 5.74) is 0.479. The summed E-state index contributed by atoms with van der Waals surface area (Å²) < 4.78 is 6.34. The van der Waals surface area contributed by atoms with E-state index < -0.39 is 11.9 Å². The first kappa shape index (κ1) is 19.8. The molecule has 7 heteroatoms. The SMILES string of the molecule is C=CCN(C(=O)COc1ccccc1)C1CC(=O)N(c2ccc(Br)cc2)C1=O. The van der Waals surface area contributed by atoms with Gasteiger partial charge >= 0.3 is 0 Å². The van der Waals surface area contributed by atoms with Crippen LogP contribution in [0.1, 0.15) is 6.42 Å². The monoisotopic (exact) mass is 442 g/mol. The lowest BCUT2D eigenvalue weighted by Gasteiger charge is -2.26. The number of imide groups is 1. The summed E-state index contributed by atoms with van der Waals surface area (Å²) in [7, 11) is 0. The van der Waals surface area contributed by atoms with E-state index in [-0.39, 0.29) is 31.4 Å². The molecule has 6 nitrogen and oxygen atoms in total. The maximum absolute atomic E-state index is 12.9. The van der Waals surface area contributed by atoms with E-state index in [1.807, 2.05) is 6.07 Å². The van der Waals surface area contributed by atoms with Gasteiger partial charge in [-0.2, -0.15) is 0 Å². The summed E-state index contributed by atoms with van der Waals surface area (Å²) in [5.74, 6) is -0.599. The number of anilines is 1. The highest BCUT2D eigenvalue weighted by Gasteiger charge is 2.44. The van der Waals surface area contributed by atoms with Gasteiger partial charge in [0, 0.05) is 11.0 Å². The number of halogens is 1. The van der Waals surface area contributed by atoms with Crippen LogP contribution in [-0.2, 0) is 14.4 Å². The van der Waals surface area contributed by atoms with Crippen LogP contribution in [0, 0.1) is 0 Å². The maximum Gasteiger partial charge on any atom is 0.261 e. The minimum absolute atomic E-state index is 0.0696. The molecule has 0 saturated carbocycles. The molecule has 1 atom stereocenters. The summed E-state index contributed by atoms with van der Waals surface area (Å²) in [6.45, 7) is 3.57. The van der Waals surface area contributed by atoms with Gasteiger partial charge in [-0.25, -0.2) is 4.90 Å². The topological polar surface area (TPSA) is 66.9 Å². The van der Waals surface area contributed by atoms with Gasteiger partial charge in [0.1, 0.15) is 11.8 Å². The van der Waals surface area contributed by atoms with Crippen LogP contribution < -0.4 is 9.64 Å².